The average Bonchev–Trinajstić information content (AvgIpc) is 3.20. The van der Waals surface area contributed by atoms with Gasteiger partial charge in [0, 0.05) is 22.6 Å². The zero-order chi connectivity index (χ0) is 19.9. The van der Waals surface area contributed by atoms with Gasteiger partial charge in [0.1, 0.15) is 5.75 Å². The Morgan fingerprint density at radius 3 is 2.43 bits per heavy atom. The van der Waals surface area contributed by atoms with E-state index in [1.54, 1.807) is 55.6 Å². The summed E-state index contributed by atoms with van der Waals surface area (Å²) in [4.78, 5) is 28.1. The van der Waals surface area contributed by atoms with Gasteiger partial charge in [-0.2, -0.15) is 4.98 Å². The number of hydrogen-bond donors (Lipinski definition) is 0. The van der Waals surface area contributed by atoms with Crippen LogP contribution in [0.5, 0.6) is 5.75 Å². The summed E-state index contributed by atoms with van der Waals surface area (Å²) in [6.07, 6.45) is 0.00231. The number of carbonyl (C=O) groups excluding carboxylic acids is 2. The molecule has 8 heteroatoms. The molecule has 0 radical (unpaired) electrons. The van der Waals surface area contributed by atoms with Crippen LogP contribution in [0.15, 0.2) is 53.1 Å². The van der Waals surface area contributed by atoms with Crippen molar-refractivity contribution in [2.24, 2.45) is 0 Å². The molecule has 1 aromatic heterocycles. The largest absolute Gasteiger partial charge is 0.497 e. The first-order valence-corrected chi connectivity index (χ1v) is 8.84. The smallest absolute Gasteiger partial charge is 0.306 e. The molecule has 3 aromatic rings. The molecule has 0 saturated carbocycles. The van der Waals surface area contributed by atoms with Gasteiger partial charge in [-0.25, -0.2) is 0 Å². The summed E-state index contributed by atoms with van der Waals surface area (Å²) in [5, 5.41) is 4.40. The van der Waals surface area contributed by atoms with E-state index in [0.717, 1.165) is 11.3 Å². The van der Waals surface area contributed by atoms with Crippen molar-refractivity contribution < 1.29 is 23.6 Å². The quantitative estimate of drug-likeness (QED) is 0.415. The SMILES string of the molecule is COc1ccc(-c2noc(COC(=O)CCC(=O)c3ccc(Cl)cc3)n2)cc1. The number of rotatable bonds is 8. The van der Waals surface area contributed by atoms with Crippen LogP contribution in [0.25, 0.3) is 11.4 Å². The van der Waals surface area contributed by atoms with Gasteiger partial charge in [-0.15, -0.1) is 0 Å². The van der Waals surface area contributed by atoms with E-state index in [1.807, 2.05) is 0 Å². The van der Waals surface area contributed by atoms with E-state index in [4.69, 9.17) is 25.6 Å². The molecule has 0 atom stereocenters. The van der Waals surface area contributed by atoms with Gasteiger partial charge in [-0.1, -0.05) is 16.8 Å². The first-order valence-electron chi connectivity index (χ1n) is 8.46. The second-order valence-corrected chi connectivity index (χ2v) is 6.27. The summed E-state index contributed by atoms with van der Waals surface area (Å²) in [5.74, 6) is 0.587. The topological polar surface area (TPSA) is 91.5 Å². The molecular formula is C20H17ClN2O5. The minimum Gasteiger partial charge on any atom is -0.497 e. The fourth-order valence-electron chi connectivity index (χ4n) is 2.38. The Kier molecular flexibility index (Phi) is 6.39. The molecule has 0 amide bonds. The number of benzene rings is 2. The Labute approximate surface area is 166 Å². The normalized spacial score (nSPS) is 10.5. The maximum Gasteiger partial charge on any atom is 0.306 e. The molecular weight excluding hydrogens is 384 g/mol. The molecule has 1 heterocycles. The molecule has 0 aliphatic rings. The summed E-state index contributed by atoms with van der Waals surface area (Å²) < 4.78 is 15.3. The Morgan fingerprint density at radius 1 is 1.04 bits per heavy atom. The number of esters is 1. The van der Waals surface area contributed by atoms with Gasteiger partial charge < -0.3 is 14.0 Å². The summed E-state index contributed by atoms with van der Waals surface area (Å²) in [7, 11) is 1.58. The number of methoxy groups -OCH3 is 1. The van der Waals surface area contributed by atoms with Crippen LogP contribution >= 0.6 is 11.6 Å². The number of nitrogens with zero attached hydrogens (tertiary/aromatic N) is 2. The number of Topliss-reactive ketones (excluding diaryl/α,β-unsaturated/α-hetero) is 1. The predicted molar refractivity (Wildman–Crippen MR) is 101 cm³/mol. The third kappa shape index (κ3) is 5.17. The second kappa shape index (κ2) is 9.14. The highest BCUT2D eigenvalue weighted by Crippen LogP contribution is 2.20. The van der Waals surface area contributed by atoms with E-state index in [-0.39, 0.29) is 31.1 Å². The predicted octanol–water partition coefficient (Wildman–Crippen LogP) is 4.10. The van der Waals surface area contributed by atoms with E-state index in [2.05, 4.69) is 10.1 Å². The lowest BCUT2D eigenvalue weighted by Crippen LogP contribution is -2.08. The van der Waals surface area contributed by atoms with Gasteiger partial charge in [0.05, 0.1) is 13.5 Å². The number of ether oxygens (including phenoxy) is 2. The molecule has 28 heavy (non-hydrogen) atoms. The molecule has 7 nitrogen and oxygen atoms in total. The second-order valence-electron chi connectivity index (χ2n) is 5.83. The van der Waals surface area contributed by atoms with Gasteiger partial charge in [-0.05, 0) is 48.5 Å². The minimum atomic E-state index is -0.522. The van der Waals surface area contributed by atoms with Gasteiger partial charge in [0.15, 0.2) is 12.4 Å². The van der Waals surface area contributed by atoms with Gasteiger partial charge in [0.2, 0.25) is 5.82 Å². The van der Waals surface area contributed by atoms with E-state index < -0.39 is 5.97 Å². The monoisotopic (exact) mass is 400 g/mol. The lowest BCUT2D eigenvalue weighted by atomic mass is 10.1. The standard InChI is InChI=1S/C20H17ClN2O5/c1-26-16-8-4-14(5-9-16)20-22-18(28-23-20)12-27-19(25)11-10-17(24)13-2-6-15(21)7-3-13/h2-9H,10-12H2,1H3. The maximum atomic E-state index is 12.0. The Balaban J connectivity index is 1.47. The molecule has 0 unspecified atom stereocenters. The Morgan fingerprint density at radius 2 is 1.75 bits per heavy atom. The molecule has 0 saturated heterocycles. The molecule has 0 bridgehead atoms. The fourth-order valence-corrected chi connectivity index (χ4v) is 2.51. The molecule has 0 spiro atoms. The van der Waals surface area contributed by atoms with Crippen molar-refractivity contribution in [1.82, 2.24) is 10.1 Å². The van der Waals surface area contributed by atoms with E-state index in [9.17, 15) is 9.59 Å². The minimum absolute atomic E-state index is 0.0407. The van der Waals surface area contributed by atoms with Crippen LogP contribution < -0.4 is 4.74 Å². The van der Waals surface area contributed by atoms with Gasteiger partial charge >= 0.3 is 5.97 Å². The van der Waals surface area contributed by atoms with E-state index in [1.165, 1.54) is 0 Å². The van der Waals surface area contributed by atoms with Gasteiger partial charge in [0.25, 0.3) is 5.89 Å². The maximum absolute atomic E-state index is 12.0. The number of carbonyl (C=O) groups is 2. The number of halogens is 1. The van der Waals surface area contributed by atoms with Crippen LogP contribution in [0, 0.1) is 0 Å². The first-order chi connectivity index (χ1) is 13.5. The third-order valence-corrected chi connectivity index (χ3v) is 4.15. The summed E-state index contributed by atoms with van der Waals surface area (Å²) >= 11 is 5.79. The first kappa shape index (κ1) is 19.6. The van der Waals surface area contributed by atoms with Crippen molar-refractivity contribution in [2.45, 2.75) is 19.4 Å². The Hall–Kier alpha value is -3.19. The molecule has 0 N–H and O–H groups in total. The van der Waals surface area contributed by atoms with E-state index in [0.29, 0.717) is 16.4 Å². The highest BCUT2D eigenvalue weighted by Gasteiger charge is 2.13. The van der Waals surface area contributed by atoms with Crippen LogP contribution in [0.2, 0.25) is 5.02 Å². The average molecular weight is 401 g/mol. The lowest BCUT2D eigenvalue weighted by Gasteiger charge is -2.02. The van der Waals surface area contributed by atoms with Crippen molar-refractivity contribution in [3.05, 3.63) is 65.0 Å². The van der Waals surface area contributed by atoms with Crippen LogP contribution in [0.3, 0.4) is 0 Å². The summed E-state index contributed by atoms with van der Waals surface area (Å²) in [5.41, 5.74) is 1.24. The van der Waals surface area contributed by atoms with Crippen molar-refractivity contribution in [2.75, 3.05) is 7.11 Å². The number of aromatic nitrogens is 2. The van der Waals surface area contributed by atoms with Crippen molar-refractivity contribution in [1.29, 1.82) is 0 Å². The van der Waals surface area contributed by atoms with Crippen molar-refractivity contribution in [3.63, 3.8) is 0 Å². The molecule has 2 aromatic carbocycles. The molecule has 0 aliphatic heterocycles. The molecule has 0 aliphatic carbocycles. The van der Waals surface area contributed by atoms with Crippen LogP contribution in [0.1, 0.15) is 29.1 Å². The lowest BCUT2D eigenvalue weighted by molar-refractivity contribution is -0.145. The fraction of sp³-hybridized carbons (Fsp3) is 0.200. The highest BCUT2D eigenvalue weighted by atomic mass is 35.5. The molecule has 0 fully saturated rings. The van der Waals surface area contributed by atoms with Crippen LogP contribution in [-0.2, 0) is 16.1 Å². The zero-order valence-electron chi connectivity index (χ0n) is 15.1. The number of ketones is 1. The Bertz CT molecular complexity index is 951. The van der Waals surface area contributed by atoms with Crippen molar-refractivity contribution in [3.8, 4) is 17.1 Å². The third-order valence-electron chi connectivity index (χ3n) is 3.90. The molecule has 144 valence electrons. The summed E-state index contributed by atoms with van der Waals surface area (Å²) in [6, 6.07) is 13.6. The number of hydrogen-bond acceptors (Lipinski definition) is 7. The zero-order valence-corrected chi connectivity index (χ0v) is 15.8. The highest BCUT2D eigenvalue weighted by molar-refractivity contribution is 6.30. The van der Waals surface area contributed by atoms with Crippen LogP contribution in [0.4, 0.5) is 0 Å². The van der Waals surface area contributed by atoms with Gasteiger partial charge in [-0.3, -0.25) is 9.59 Å². The molecule has 3 rings (SSSR count). The van der Waals surface area contributed by atoms with Crippen molar-refractivity contribution >= 4 is 23.4 Å². The summed E-state index contributed by atoms with van der Waals surface area (Å²) in [6.45, 7) is -0.156. The van der Waals surface area contributed by atoms with E-state index >= 15 is 0 Å². The van der Waals surface area contributed by atoms with Crippen LogP contribution in [-0.4, -0.2) is 29.0 Å².